The number of nitrogens with two attached hydrogens (primary N) is 1. The SMILES string of the molecule is Nc1cccc(OCCCNCC2CCc3ccc(O)cc3C2)c1. The highest BCUT2D eigenvalue weighted by atomic mass is 16.5. The second kappa shape index (κ2) is 8.06. The Morgan fingerprint density at radius 2 is 2.08 bits per heavy atom. The Kier molecular flexibility index (Phi) is 5.59. The van der Waals surface area contributed by atoms with E-state index >= 15 is 0 Å². The second-order valence-electron chi connectivity index (χ2n) is 6.54. The maximum absolute atomic E-state index is 9.62. The monoisotopic (exact) mass is 326 g/mol. The van der Waals surface area contributed by atoms with Crippen molar-refractivity contribution >= 4 is 5.69 Å². The molecule has 0 radical (unpaired) electrons. The largest absolute Gasteiger partial charge is 0.508 e. The maximum Gasteiger partial charge on any atom is 0.121 e. The molecule has 2 aromatic rings. The van der Waals surface area contributed by atoms with Gasteiger partial charge in [-0.3, -0.25) is 0 Å². The highest BCUT2D eigenvalue weighted by molar-refractivity contribution is 5.43. The number of nitrogens with one attached hydrogen (secondary N) is 1. The van der Waals surface area contributed by atoms with E-state index in [9.17, 15) is 5.11 Å². The molecule has 3 rings (SSSR count). The third-order valence-corrected chi connectivity index (χ3v) is 4.58. The molecule has 1 aliphatic carbocycles. The van der Waals surface area contributed by atoms with Crippen LogP contribution in [0.25, 0.3) is 0 Å². The number of benzene rings is 2. The summed E-state index contributed by atoms with van der Waals surface area (Å²) in [6.07, 6.45) is 4.35. The molecule has 4 N–H and O–H groups in total. The lowest BCUT2D eigenvalue weighted by Crippen LogP contribution is -2.28. The van der Waals surface area contributed by atoms with Crippen LogP contribution >= 0.6 is 0 Å². The van der Waals surface area contributed by atoms with Gasteiger partial charge in [-0.15, -0.1) is 0 Å². The molecule has 1 aliphatic rings. The smallest absolute Gasteiger partial charge is 0.121 e. The lowest BCUT2D eigenvalue weighted by atomic mass is 9.84. The first-order valence-electron chi connectivity index (χ1n) is 8.70. The van der Waals surface area contributed by atoms with Gasteiger partial charge in [-0.2, -0.15) is 0 Å². The van der Waals surface area contributed by atoms with Gasteiger partial charge < -0.3 is 20.9 Å². The average Bonchev–Trinajstić information content (AvgIpc) is 2.57. The zero-order chi connectivity index (χ0) is 16.8. The van der Waals surface area contributed by atoms with Crippen molar-refractivity contribution in [1.29, 1.82) is 0 Å². The molecule has 0 saturated heterocycles. The highest BCUT2D eigenvalue weighted by Gasteiger charge is 2.18. The first kappa shape index (κ1) is 16.7. The minimum atomic E-state index is 0.376. The molecular weight excluding hydrogens is 300 g/mol. The van der Waals surface area contributed by atoms with Crippen molar-refractivity contribution in [2.45, 2.75) is 25.7 Å². The van der Waals surface area contributed by atoms with E-state index in [4.69, 9.17) is 10.5 Å². The van der Waals surface area contributed by atoms with Crippen LogP contribution in [0.4, 0.5) is 5.69 Å². The van der Waals surface area contributed by atoms with E-state index in [1.54, 1.807) is 6.07 Å². The summed E-state index contributed by atoms with van der Waals surface area (Å²) < 4.78 is 5.69. The van der Waals surface area contributed by atoms with Crippen LogP contribution in [-0.4, -0.2) is 24.8 Å². The number of aromatic hydroxyl groups is 1. The molecule has 128 valence electrons. The Balaban J connectivity index is 1.33. The molecule has 0 bridgehead atoms. The van der Waals surface area contributed by atoms with Crippen LogP contribution in [0.15, 0.2) is 42.5 Å². The van der Waals surface area contributed by atoms with Crippen LogP contribution in [0.3, 0.4) is 0 Å². The molecule has 0 saturated carbocycles. The number of rotatable bonds is 7. The highest BCUT2D eigenvalue weighted by Crippen LogP contribution is 2.27. The molecule has 0 spiro atoms. The Bertz CT molecular complexity index is 672. The fraction of sp³-hybridized carbons (Fsp3) is 0.400. The molecule has 1 atom stereocenters. The lowest BCUT2D eigenvalue weighted by Gasteiger charge is -2.25. The van der Waals surface area contributed by atoms with Crippen molar-refractivity contribution < 1.29 is 9.84 Å². The molecular formula is C20H26N2O2. The summed E-state index contributed by atoms with van der Waals surface area (Å²) in [6, 6.07) is 13.3. The molecule has 0 amide bonds. The van der Waals surface area contributed by atoms with Crippen LogP contribution in [0, 0.1) is 5.92 Å². The third-order valence-electron chi connectivity index (χ3n) is 4.58. The minimum absolute atomic E-state index is 0.376. The number of phenolic OH excluding ortho intramolecular Hbond substituents is 1. The van der Waals surface area contributed by atoms with Crippen molar-refractivity contribution in [3.63, 3.8) is 0 Å². The summed E-state index contributed by atoms with van der Waals surface area (Å²) in [7, 11) is 0. The molecule has 0 aromatic heterocycles. The Morgan fingerprint density at radius 1 is 1.17 bits per heavy atom. The molecule has 24 heavy (non-hydrogen) atoms. The zero-order valence-corrected chi connectivity index (χ0v) is 14.0. The van der Waals surface area contributed by atoms with Crippen LogP contribution in [-0.2, 0) is 12.8 Å². The molecule has 1 unspecified atom stereocenters. The Morgan fingerprint density at radius 3 is 2.96 bits per heavy atom. The minimum Gasteiger partial charge on any atom is -0.508 e. The van der Waals surface area contributed by atoms with Crippen molar-refractivity contribution in [3.8, 4) is 11.5 Å². The van der Waals surface area contributed by atoms with Crippen LogP contribution in [0.2, 0.25) is 0 Å². The fourth-order valence-electron chi connectivity index (χ4n) is 3.29. The Hall–Kier alpha value is -2.20. The van der Waals surface area contributed by atoms with Crippen molar-refractivity contribution in [3.05, 3.63) is 53.6 Å². The van der Waals surface area contributed by atoms with E-state index in [0.717, 1.165) is 43.8 Å². The van der Waals surface area contributed by atoms with Gasteiger partial charge in [0, 0.05) is 11.8 Å². The van der Waals surface area contributed by atoms with Crippen molar-refractivity contribution in [1.82, 2.24) is 5.32 Å². The van der Waals surface area contributed by atoms with Gasteiger partial charge >= 0.3 is 0 Å². The summed E-state index contributed by atoms with van der Waals surface area (Å²) in [5.41, 5.74) is 9.15. The maximum atomic E-state index is 9.62. The van der Waals surface area contributed by atoms with E-state index in [1.807, 2.05) is 30.3 Å². The molecule has 0 aliphatic heterocycles. The van der Waals surface area contributed by atoms with E-state index in [-0.39, 0.29) is 0 Å². The predicted octanol–water partition coefficient (Wildman–Crippen LogP) is 3.14. The molecule has 2 aromatic carbocycles. The van der Waals surface area contributed by atoms with Crippen molar-refractivity contribution in [2.75, 3.05) is 25.4 Å². The normalized spacial score (nSPS) is 16.6. The van der Waals surface area contributed by atoms with E-state index in [2.05, 4.69) is 11.4 Å². The van der Waals surface area contributed by atoms with E-state index < -0.39 is 0 Å². The van der Waals surface area contributed by atoms with Gasteiger partial charge in [0.05, 0.1) is 6.61 Å². The van der Waals surface area contributed by atoms with Gasteiger partial charge in [0.1, 0.15) is 11.5 Å². The number of fused-ring (bicyclic) bond motifs is 1. The van der Waals surface area contributed by atoms with Crippen LogP contribution in [0.1, 0.15) is 24.0 Å². The van der Waals surface area contributed by atoms with Gasteiger partial charge in [0.15, 0.2) is 0 Å². The summed E-state index contributed by atoms with van der Waals surface area (Å²) in [5.74, 6) is 1.86. The Labute approximate surface area is 143 Å². The number of phenols is 1. The van der Waals surface area contributed by atoms with Gasteiger partial charge in [0.2, 0.25) is 0 Å². The van der Waals surface area contributed by atoms with Gasteiger partial charge in [-0.25, -0.2) is 0 Å². The molecule has 0 heterocycles. The van der Waals surface area contributed by atoms with Crippen LogP contribution < -0.4 is 15.8 Å². The number of ether oxygens (including phenoxy) is 1. The van der Waals surface area contributed by atoms with Gasteiger partial charge in [-0.1, -0.05) is 12.1 Å². The summed E-state index contributed by atoms with van der Waals surface area (Å²) in [5, 5.41) is 13.2. The summed E-state index contributed by atoms with van der Waals surface area (Å²) >= 11 is 0. The molecule has 4 nitrogen and oxygen atoms in total. The number of anilines is 1. The quantitative estimate of drug-likeness (QED) is 0.540. The number of hydrogen-bond acceptors (Lipinski definition) is 4. The number of aryl methyl sites for hydroxylation is 1. The number of hydrogen-bond donors (Lipinski definition) is 3. The first-order valence-corrected chi connectivity index (χ1v) is 8.70. The predicted molar refractivity (Wildman–Crippen MR) is 97.5 cm³/mol. The standard InChI is InChI=1S/C20H26N2O2/c21-18-3-1-4-20(13-18)24-10-2-9-22-14-15-5-6-16-7-8-19(23)12-17(16)11-15/h1,3-4,7-8,12-13,15,22-23H,2,5-6,9-11,14,21H2. The molecule has 4 heteroatoms. The topological polar surface area (TPSA) is 67.5 Å². The fourth-order valence-corrected chi connectivity index (χ4v) is 3.29. The van der Waals surface area contributed by atoms with E-state index in [0.29, 0.717) is 18.3 Å². The average molecular weight is 326 g/mol. The van der Waals surface area contributed by atoms with E-state index in [1.165, 1.54) is 17.5 Å². The zero-order valence-electron chi connectivity index (χ0n) is 14.0. The van der Waals surface area contributed by atoms with Crippen LogP contribution in [0.5, 0.6) is 11.5 Å². The van der Waals surface area contributed by atoms with Gasteiger partial charge in [0.25, 0.3) is 0 Å². The second-order valence-corrected chi connectivity index (χ2v) is 6.54. The third kappa shape index (κ3) is 4.65. The lowest BCUT2D eigenvalue weighted by molar-refractivity contribution is 0.305. The summed E-state index contributed by atoms with van der Waals surface area (Å²) in [6.45, 7) is 2.66. The summed E-state index contributed by atoms with van der Waals surface area (Å²) in [4.78, 5) is 0. The number of nitrogen functional groups attached to an aromatic ring is 1. The first-order chi connectivity index (χ1) is 11.7. The molecule has 0 fully saturated rings. The van der Waals surface area contributed by atoms with Gasteiger partial charge in [-0.05, 0) is 80.1 Å². The van der Waals surface area contributed by atoms with Crippen molar-refractivity contribution in [2.24, 2.45) is 5.92 Å².